The molecule has 176 valence electrons. The van der Waals surface area contributed by atoms with E-state index in [0.29, 0.717) is 22.8 Å². The van der Waals surface area contributed by atoms with Crippen molar-refractivity contribution in [3.63, 3.8) is 0 Å². The Morgan fingerprint density at radius 1 is 1.06 bits per heavy atom. The van der Waals surface area contributed by atoms with Crippen molar-refractivity contribution in [1.82, 2.24) is 24.4 Å². The molecule has 3 heterocycles. The Kier molecular flexibility index (Phi) is 5.96. The number of carbonyl (C=O) groups excluding carboxylic acids is 1. The van der Waals surface area contributed by atoms with Gasteiger partial charge in [-0.15, -0.1) is 0 Å². The van der Waals surface area contributed by atoms with E-state index < -0.39 is 23.8 Å². The number of alkyl halides is 2. The molecular formula is C24H16ClF3N6O. The van der Waals surface area contributed by atoms with Gasteiger partial charge in [0.2, 0.25) is 0 Å². The van der Waals surface area contributed by atoms with Crippen molar-refractivity contribution >= 4 is 28.8 Å². The predicted molar refractivity (Wildman–Crippen MR) is 124 cm³/mol. The molecule has 1 N–H and O–H groups in total. The van der Waals surface area contributed by atoms with Crippen LogP contribution in [0.5, 0.6) is 0 Å². The lowest BCUT2D eigenvalue weighted by molar-refractivity contribution is 0.102. The second-order valence-electron chi connectivity index (χ2n) is 7.64. The number of hydrogen-bond donors (Lipinski definition) is 1. The molecule has 0 fully saturated rings. The van der Waals surface area contributed by atoms with Gasteiger partial charge in [0, 0.05) is 16.8 Å². The summed E-state index contributed by atoms with van der Waals surface area (Å²) in [6.45, 7) is 0.395. The molecular weight excluding hydrogens is 481 g/mol. The van der Waals surface area contributed by atoms with Crippen LogP contribution in [0.2, 0.25) is 5.02 Å². The number of halogens is 4. The summed E-state index contributed by atoms with van der Waals surface area (Å²) in [6.07, 6.45) is 1.38. The maximum Gasteiger partial charge on any atom is 0.280 e. The van der Waals surface area contributed by atoms with E-state index in [1.165, 1.54) is 42.7 Å². The summed E-state index contributed by atoms with van der Waals surface area (Å²) < 4.78 is 43.4. The van der Waals surface area contributed by atoms with Crippen molar-refractivity contribution < 1.29 is 18.0 Å². The second kappa shape index (κ2) is 9.22. The summed E-state index contributed by atoms with van der Waals surface area (Å²) in [4.78, 5) is 17.3. The minimum Gasteiger partial charge on any atom is -0.319 e. The van der Waals surface area contributed by atoms with Gasteiger partial charge in [0.25, 0.3) is 12.3 Å². The van der Waals surface area contributed by atoms with Crippen LogP contribution < -0.4 is 5.32 Å². The largest absolute Gasteiger partial charge is 0.319 e. The Balaban J connectivity index is 1.45. The first-order chi connectivity index (χ1) is 16.9. The zero-order valence-electron chi connectivity index (χ0n) is 17.9. The quantitative estimate of drug-likeness (QED) is 0.331. The van der Waals surface area contributed by atoms with E-state index in [0.717, 1.165) is 10.1 Å². The first-order valence-electron chi connectivity index (χ1n) is 10.4. The summed E-state index contributed by atoms with van der Waals surface area (Å²) in [7, 11) is 0. The normalized spacial score (nSPS) is 11.3. The van der Waals surface area contributed by atoms with Gasteiger partial charge in [-0.05, 0) is 42.0 Å². The van der Waals surface area contributed by atoms with Gasteiger partial charge in [-0.1, -0.05) is 29.8 Å². The molecule has 0 aliphatic heterocycles. The van der Waals surface area contributed by atoms with Crippen LogP contribution in [-0.2, 0) is 6.54 Å². The number of carbonyl (C=O) groups is 1. The lowest BCUT2D eigenvalue weighted by atomic mass is 10.1. The van der Waals surface area contributed by atoms with E-state index in [1.807, 2.05) is 18.2 Å². The van der Waals surface area contributed by atoms with E-state index in [9.17, 15) is 18.0 Å². The summed E-state index contributed by atoms with van der Waals surface area (Å²) in [5, 5.41) is 11.4. The number of benzene rings is 2. The first-order valence-corrected chi connectivity index (χ1v) is 10.8. The van der Waals surface area contributed by atoms with Crippen LogP contribution in [0.15, 0.2) is 73.2 Å². The zero-order chi connectivity index (χ0) is 24.5. The van der Waals surface area contributed by atoms with E-state index in [-0.39, 0.29) is 16.9 Å². The van der Waals surface area contributed by atoms with Crippen LogP contribution >= 0.6 is 11.6 Å². The Labute approximate surface area is 201 Å². The summed E-state index contributed by atoms with van der Waals surface area (Å²) in [5.41, 5.74) is 1.33. The number of fused-ring (bicyclic) bond motifs is 1. The molecule has 1 amide bonds. The highest BCUT2D eigenvalue weighted by atomic mass is 35.5. The molecule has 3 aromatic heterocycles. The minimum absolute atomic E-state index is 0.00489. The molecule has 7 nitrogen and oxygen atoms in total. The second-order valence-corrected chi connectivity index (χ2v) is 8.05. The maximum atomic E-state index is 13.8. The molecule has 0 radical (unpaired) electrons. The number of aromatic nitrogens is 5. The smallest absolute Gasteiger partial charge is 0.280 e. The van der Waals surface area contributed by atoms with Crippen LogP contribution in [0.4, 0.5) is 18.9 Å². The topological polar surface area (TPSA) is 77.1 Å². The van der Waals surface area contributed by atoms with Crippen LogP contribution in [-0.4, -0.2) is 30.3 Å². The molecule has 35 heavy (non-hydrogen) atoms. The van der Waals surface area contributed by atoms with Crippen molar-refractivity contribution in [2.75, 3.05) is 5.32 Å². The van der Waals surface area contributed by atoms with Crippen molar-refractivity contribution in [1.29, 1.82) is 0 Å². The molecule has 11 heteroatoms. The fraction of sp³-hybridized carbons (Fsp3) is 0.0833. The van der Waals surface area contributed by atoms with Gasteiger partial charge in [-0.2, -0.15) is 10.2 Å². The van der Waals surface area contributed by atoms with Gasteiger partial charge in [0.15, 0.2) is 5.65 Å². The zero-order valence-corrected chi connectivity index (χ0v) is 18.6. The number of anilines is 1. The van der Waals surface area contributed by atoms with Crippen molar-refractivity contribution in [3.8, 4) is 11.3 Å². The van der Waals surface area contributed by atoms with Crippen molar-refractivity contribution in [2.24, 2.45) is 0 Å². The third kappa shape index (κ3) is 4.60. The van der Waals surface area contributed by atoms with E-state index in [4.69, 9.17) is 11.6 Å². The molecule has 0 unspecified atom stereocenters. The fourth-order valence-corrected chi connectivity index (χ4v) is 3.78. The average molecular weight is 497 g/mol. The highest BCUT2D eigenvalue weighted by molar-refractivity contribution is 6.31. The van der Waals surface area contributed by atoms with Gasteiger partial charge in [-0.25, -0.2) is 22.7 Å². The molecule has 5 rings (SSSR count). The molecule has 0 saturated carbocycles. The van der Waals surface area contributed by atoms with Crippen LogP contribution in [0.1, 0.15) is 28.0 Å². The molecule has 2 aromatic carbocycles. The van der Waals surface area contributed by atoms with E-state index in [1.54, 1.807) is 16.9 Å². The van der Waals surface area contributed by atoms with Crippen LogP contribution in [0.25, 0.3) is 16.9 Å². The monoisotopic (exact) mass is 496 g/mol. The fourth-order valence-electron chi connectivity index (χ4n) is 3.58. The summed E-state index contributed by atoms with van der Waals surface area (Å²) >= 11 is 6.19. The summed E-state index contributed by atoms with van der Waals surface area (Å²) in [6, 6.07) is 13.7. The van der Waals surface area contributed by atoms with Gasteiger partial charge in [-0.3, -0.25) is 9.48 Å². The van der Waals surface area contributed by atoms with Gasteiger partial charge in [0.1, 0.15) is 17.1 Å². The Morgan fingerprint density at radius 2 is 1.83 bits per heavy atom. The lowest BCUT2D eigenvalue weighted by Gasteiger charge is -2.08. The summed E-state index contributed by atoms with van der Waals surface area (Å²) in [5.74, 6) is -1.07. The molecule has 0 bridgehead atoms. The highest BCUT2D eigenvalue weighted by Gasteiger charge is 2.22. The lowest BCUT2D eigenvalue weighted by Crippen LogP contribution is -2.12. The van der Waals surface area contributed by atoms with Crippen LogP contribution in [0.3, 0.4) is 0 Å². The minimum atomic E-state index is -2.88. The van der Waals surface area contributed by atoms with E-state index in [2.05, 4.69) is 20.5 Å². The average Bonchev–Trinajstić information content (AvgIpc) is 3.47. The third-order valence-electron chi connectivity index (χ3n) is 5.29. The van der Waals surface area contributed by atoms with Crippen molar-refractivity contribution in [2.45, 2.75) is 13.0 Å². The maximum absolute atomic E-state index is 13.8. The SMILES string of the molecule is O=C(Nc1cnn(Cc2ccccc2Cl)c1)c1cnn2c(C(F)F)cc(-c3ccc(F)cc3)nc12. The number of nitrogens with one attached hydrogen (secondary N) is 1. The Hall–Kier alpha value is -4.18. The standard InChI is InChI=1S/C24H16ClF3N6O/c25-19-4-2-1-3-15(19)12-33-13-17(10-29-33)31-24(35)18-11-30-34-21(22(27)28)9-20(32-23(18)34)14-5-7-16(26)8-6-14/h1-11,13,22H,12H2,(H,31,35). The van der Waals surface area contributed by atoms with Gasteiger partial charge >= 0.3 is 0 Å². The molecule has 0 aliphatic carbocycles. The van der Waals surface area contributed by atoms with Gasteiger partial charge < -0.3 is 5.32 Å². The Morgan fingerprint density at radius 3 is 2.57 bits per heavy atom. The Bertz CT molecular complexity index is 1530. The van der Waals surface area contributed by atoms with E-state index >= 15 is 0 Å². The first kappa shape index (κ1) is 22.6. The van der Waals surface area contributed by atoms with Crippen LogP contribution in [0, 0.1) is 5.82 Å². The van der Waals surface area contributed by atoms with Gasteiger partial charge in [0.05, 0.1) is 30.3 Å². The predicted octanol–water partition coefficient (Wildman–Crippen LogP) is 5.62. The number of amides is 1. The van der Waals surface area contributed by atoms with Crippen molar-refractivity contribution in [3.05, 3.63) is 101 Å². The molecule has 0 saturated heterocycles. The number of nitrogens with zero attached hydrogens (tertiary/aromatic N) is 5. The third-order valence-corrected chi connectivity index (χ3v) is 5.66. The molecule has 0 aliphatic rings. The molecule has 0 spiro atoms. The number of hydrogen-bond acceptors (Lipinski definition) is 4. The number of rotatable bonds is 6. The molecule has 5 aromatic rings. The highest BCUT2D eigenvalue weighted by Crippen LogP contribution is 2.27. The molecule has 0 atom stereocenters.